The molecule has 2 aromatic heterocycles. The van der Waals surface area contributed by atoms with Crippen LogP contribution in [0.3, 0.4) is 0 Å². The normalized spacial score (nSPS) is 13.2. The van der Waals surface area contributed by atoms with E-state index in [9.17, 15) is 0 Å². The first kappa shape index (κ1) is 34.2. The minimum atomic E-state index is -0.151. The molecule has 0 saturated carbocycles. The van der Waals surface area contributed by atoms with Crippen LogP contribution in [-0.4, -0.2) is 19.5 Å². The molecule has 8 aromatic carbocycles. The van der Waals surface area contributed by atoms with Crippen molar-refractivity contribution >= 4 is 21.8 Å². The molecule has 2 aliphatic rings. The minimum Gasteiger partial charge on any atom is -0.449 e. The molecular formula is C54H36N4O2. The lowest BCUT2D eigenvalue weighted by Gasteiger charge is -2.26. The zero-order valence-corrected chi connectivity index (χ0v) is 32.9. The molecule has 6 nitrogen and oxygen atoms in total. The van der Waals surface area contributed by atoms with Gasteiger partial charge in [-0.3, -0.25) is 0 Å². The highest BCUT2D eigenvalue weighted by Crippen LogP contribution is 2.56. The van der Waals surface area contributed by atoms with Crippen molar-refractivity contribution in [1.82, 2.24) is 19.5 Å². The number of hydrogen-bond donors (Lipinski definition) is 0. The average molecular weight is 773 g/mol. The Morgan fingerprint density at radius 2 is 0.967 bits per heavy atom. The van der Waals surface area contributed by atoms with Gasteiger partial charge in [-0.2, -0.15) is 0 Å². The molecule has 60 heavy (non-hydrogen) atoms. The van der Waals surface area contributed by atoms with Crippen molar-refractivity contribution < 1.29 is 9.47 Å². The summed E-state index contributed by atoms with van der Waals surface area (Å²) in [6, 6.07) is 62.9. The molecule has 0 saturated heterocycles. The molecule has 3 heterocycles. The van der Waals surface area contributed by atoms with E-state index >= 15 is 0 Å². The third kappa shape index (κ3) is 5.24. The standard InChI is InChI=1S/C54H36N4O2/c1-54(2)43-23-11-8-18-37(43)42-31-48-49(32-44(42)54)59-47-26-14-22-40(50(47)60-48)36-17-6-7-21-41(36)53-56-51(33-15-4-3-5-16-33)55-52(57-53)34-27-29-35(30-28-34)58-45-24-12-9-19-38(45)39-20-10-13-25-46(39)58/h3-32H,1-2H3. The van der Waals surface area contributed by atoms with Crippen LogP contribution >= 0.6 is 0 Å². The number of aromatic nitrogens is 4. The van der Waals surface area contributed by atoms with Gasteiger partial charge in [0, 0.05) is 44.1 Å². The van der Waals surface area contributed by atoms with Crippen molar-refractivity contribution in [3.63, 3.8) is 0 Å². The van der Waals surface area contributed by atoms with Crippen molar-refractivity contribution in [1.29, 1.82) is 0 Å². The van der Waals surface area contributed by atoms with Crippen LogP contribution in [0.25, 0.3) is 83.9 Å². The lowest BCUT2D eigenvalue weighted by molar-refractivity contribution is 0.360. The van der Waals surface area contributed by atoms with Gasteiger partial charge in [0.1, 0.15) is 0 Å². The highest BCUT2D eigenvalue weighted by atomic mass is 16.6. The van der Waals surface area contributed by atoms with Crippen LogP contribution in [0.1, 0.15) is 25.0 Å². The summed E-state index contributed by atoms with van der Waals surface area (Å²) in [6.45, 7) is 4.54. The molecule has 0 unspecified atom stereocenters. The predicted molar refractivity (Wildman–Crippen MR) is 240 cm³/mol. The zero-order chi connectivity index (χ0) is 40.0. The summed E-state index contributed by atoms with van der Waals surface area (Å²) in [5, 5.41) is 2.45. The Bertz CT molecular complexity index is 3300. The summed E-state index contributed by atoms with van der Waals surface area (Å²) < 4.78 is 15.9. The molecule has 0 atom stereocenters. The van der Waals surface area contributed by atoms with Gasteiger partial charge in [0.2, 0.25) is 0 Å². The van der Waals surface area contributed by atoms with E-state index in [4.69, 9.17) is 24.4 Å². The summed E-state index contributed by atoms with van der Waals surface area (Å²) >= 11 is 0. The minimum absolute atomic E-state index is 0.151. The second-order valence-corrected chi connectivity index (χ2v) is 16.0. The van der Waals surface area contributed by atoms with E-state index in [1.54, 1.807) is 0 Å². The van der Waals surface area contributed by atoms with Crippen LogP contribution in [0.4, 0.5) is 0 Å². The zero-order valence-electron chi connectivity index (χ0n) is 32.9. The smallest absolute Gasteiger partial charge is 0.177 e. The number of rotatable bonds is 5. The predicted octanol–water partition coefficient (Wildman–Crippen LogP) is 13.8. The van der Waals surface area contributed by atoms with E-state index in [1.807, 2.05) is 54.6 Å². The highest BCUT2D eigenvalue weighted by Gasteiger charge is 2.38. The van der Waals surface area contributed by atoms with E-state index < -0.39 is 0 Å². The summed E-state index contributed by atoms with van der Waals surface area (Å²) in [7, 11) is 0. The van der Waals surface area contributed by atoms with E-state index in [2.05, 4.69) is 146 Å². The van der Waals surface area contributed by atoms with Gasteiger partial charge in [-0.1, -0.05) is 141 Å². The van der Waals surface area contributed by atoms with Crippen LogP contribution in [0.15, 0.2) is 182 Å². The number of fused-ring (bicyclic) bond motifs is 8. The molecule has 0 N–H and O–H groups in total. The second kappa shape index (κ2) is 13.1. The fourth-order valence-corrected chi connectivity index (χ4v) is 9.22. The van der Waals surface area contributed by atoms with Gasteiger partial charge in [-0.25, -0.2) is 15.0 Å². The van der Waals surface area contributed by atoms with Gasteiger partial charge in [0.25, 0.3) is 0 Å². The first-order chi connectivity index (χ1) is 29.5. The summed E-state index contributed by atoms with van der Waals surface area (Å²) in [6.07, 6.45) is 0. The van der Waals surface area contributed by atoms with Crippen LogP contribution in [0, 0.1) is 0 Å². The molecule has 6 heteroatoms. The Morgan fingerprint density at radius 3 is 1.70 bits per heavy atom. The molecule has 0 bridgehead atoms. The molecule has 0 spiro atoms. The van der Waals surface area contributed by atoms with Crippen molar-refractivity contribution in [3.05, 3.63) is 193 Å². The summed E-state index contributed by atoms with van der Waals surface area (Å²) in [4.78, 5) is 15.4. The Labute approximate surface area is 347 Å². The molecule has 0 radical (unpaired) electrons. The number of nitrogens with zero attached hydrogens (tertiary/aromatic N) is 4. The van der Waals surface area contributed by atoms with Crippen LogP contribution in [0.5, 0.6) is 23.0 Å². The number of benzene rings is 8. The third-order valence-corrected chi connectivity index (χ3v) is 12.1. The van der Waals surface area contributed by atoms with Gasteiger partial charge < -0.3 is 14.0 Å². The fraction of sp³-hybridized carbons (Fsp3) is 0.0556. The van der Waals surface area contributed by atoms with Crippen LogP contribution in [0.2, 0.25) is 0 Å². The summed E-state index contributed by atoms with van der Waals surface area (Å²) in [5.41, 5.74) is 12.6. The lowest BCUT2D eigenvalue weighted by Crippen LogP contribution is -2.15. The van der Waals surface area contributed by atoms with Gasteiger partial charge in [-0.15, -0.1) is 0 Å². The van der Waals surface area contributed by atoms with Gasteiger partial charge in [0.05, 0.1) is 11.0 Å². The highest BCUT2D eigenvalue weighted by molar-refractivity contribution is 6.09. The maximum absolute atomic E-state index is 6.86. The first-order valence-electron chi connectivity index (χ1n) is 20.3. The van der Waals surface area contributed by atoms with Crippen molar-refractivity contribution in [3.8, 4) is 85.1 Å². The van der Waals surface area contributed by atoms with Gasteiger partial charge in [-0.05, 0) is 82.4 Å². The quantitative estimate of drug-likeness (QED) is 0.174. The van der Waals surface area contributed by atoms with Gasteiger partial charge in [0.15, 0.2) is 40.5 Å². The van der Waals surface area contributed by atoms with E-state index in [-0.39, 0.29) is 5.41 Å². The number of hydrogen-bond acceptors (Lipinski definition) is 5. The van der Waals surface area contributed by atoms with Crippen LogP contribution < -0.4 is 9.47 Å². The Kier molecular flexibility index (Phi) is 7.47. The van der Waals surface area contributed by atoms with Crippen molar-refractivity contribution in [2.24, 2.45) is 0 Å². The Morgan fingerprint density at radius 1 is 0.400 bits per heavy atom. The molecule has 1 aliphatic carbocycles. The average Bonchev–Trinajstić information content (AvgIpc) is 3.75. The van der Waals surface area contributed by atoms with Crippen LogP contribution in [-0.2, 0) is 5.41 Å². The maximum Gasteiger partial charge on any atom is 0.177 e. The van der Waals surface area contributed by atoms with Crippen molar-refractivity contribution in [2.75, 3.05) is 0 Å². The van der Waals surface area contributed by atoms with E-state index in [0.717, 1.165) is 44.5 Å². The number of para-hydroxylation sites is 3. The maximum atomic E-state index is 6.86. The molecule has 0 fully saturated rings. The van der Waals surface area contributed by atoms with E-state index in [0.29, 0.717) is 40.5 Å². The number of ether oxygens (including phenoxy) is 2. The lowest BCUT2D eigenvalue weighted by atomic mass is 9.82. The molecular weight excluding hydrogens is 737 g/mol. The summed E-state index contributed by atoms with van der Waals surface area (Å²) in [5.74, 6) is 4.46. The first-order valence-corrected chi connectivity index (χ1v) is 20.3. The Balaban J connectivity index is 0.966. The molecule has 12 rings (SSSR count). The Hall–Kier alpha value is -7.83. The SMILES string of the molecule is CC1(C)c2ccccc2-c2cc3c(cc21)Oc1cccc(-c2ccccc2-c2nc(-c4ccccc4)nc(-c4ccc(-n5c6ccccc6c6ccccc65)cc4)n2)c1O3. The second-order valence-electron chi connectivity index (χ2n) is 16.0. The molecule has 0 amide bonds. The molecule has 284 valence electrons. The molecule has 1 aliphatic heterocycles. The van der Waals surface area contributed by atoms with Gasteiger partial charge >= 0.3 is 0 Å². The van der Waals surface area contributed by atoms with E-state index in [1.165, 1.54) is 33.0 Å². The monoisotopic (exact) mass is 772 g/mol. The fourth-order valence-electron chi connectivity index (χ4n) is 9.22. The molecule has 10 aromatic rings. The largest absolute Gasteiger partial charge is 0.449 e. The topological polar surface area (TPSA) is 62.1 Å². The third-order valence-electron chi connectivity index (χ3n) is 12.1. The van der Waals surface area contributed by atoms with Crippen molar-refractivity contribution in [2.45, 2.75) is 19.3 Å².